The molecule has 2 aromatic heterocycles. The number of benzene rings is 2. The van der Waals surface area contributed by atoms with Crippen LogP contribution in [0.5, 0.6) is 0 Å². The van der Waals surface area contributed by atoms with Crippen LogP contribution in [0.2, 0.25) is 1.41 Å². The SMILES string of the molecule is [2H]n1nc(C2CCN(C(=O)CCC(=O)NCCOCCOCCOCCOCCOCCCCCCCl)CC2)c2c(-c3cc4c(cnn4C)cc3F)cccc21. The van der Waals surface area contributed by atoms with E-state index in [4.69, 9.17) is 36.7 Å². The zero-order valence-corrected chi connectivity index (χ0v) is 32.7. The van der Waals surface area contributed by atoms with Gasteiger partial charge in [-0.25, -0.2) is 4.39 Å². The maximum atomic E-state index is 15.4. The normalized spacial score (nSPS) is 13.9. The first-order valence-electron chi connectivity index (χ1n) is 19.9. The number of alkyl halides is 1. The van der Waals surface area contributed by atoms with E-state index >= 15 is 4.39 Å². The van der Waals surface area contributed by atoms with Crippen molar-refractivity contribution in [1.82, 2.24) is 30.2 Å². The predicted octanol–water partition coefficient (Wildman–Crippen LogP) is 5.74. The van der Waals surface area contributed by atoms with Gasteiger partial charge in [-0.15, -0.1) is 11.6 Å². The number of unbranched alkanes of at least 4 members (excludes halogenated alkanes) is 3. The second kappa shape index (κ2) is 23.4. The number of H-pyrrole nitrogens is 1. The Morgan fingerprint density at radius 2 is 1.55 bits per heavy atom. The maximum Gasteiger partial charge on any atom is 0.223 e. The number of amides is 2. The molecule has 13 nitrogen and oxygen atoms in total. The van der Waals surface area contributed by atoms with Gasteiger partial charge in [0.2, 0.25) is 11.8 Å². The minimum atomic E-state index is -0.364. The molecule has 0 bridgehead atoms. The number of nitrogens with one attached hydrogen (secondary N) is 2. The summed E-state index contributed by atoms with van der Waals surface area (Å²) in [6, 6.07) is 8.78. The monoisotopic (exact) mass is 787 g/mol. The largest absolute Gasteiger partial charge is 0.379 e. The summed E-state index contributed by atoms with van der Waals surface area (Å²) in [5, 5.41) is 14.2. The summed E-state index contributed by atoms with van der Waals surface area (Å²) < 4.78 is 53.2. The topological polar surface area (TPSA) is 142 Å². The van der Waals surface area contributed by atoms with Crippen LogP contribution in [0.3, 0.4) is 0 Å². The molecule has 0 radical (unpaired) electrons. The highest BCUT2D eigenvalue weighted by atomic mass is 35.5. The van der Waals surface area contributed by atoms with Gasteiger partial charge in [-0.05, 0) is 49.4 Å². The molecule has 2 N–H and O–H groups in total. The van der Waals surface area contributed by atoms with E-state index in [2.05, 4.69) is 15.5 Å². The number of ether oxygens (including phenoxy) is 5. The van der Waals surface area contributed by atoms with Gasteiger partial charge in [0.15, 0.2) is 1.41 Å². The number of aromatic amines is 1. The van der Waals surface area contributed by atoms with Crippen molar-refractivity contribution in [1.29, 1.82) is 0 Å². The third kappa shape index (κ3) is 13.2. The molecule has 0 aliphatic carbocycles. The molecule has 4 aromatic rings. The number of likely N-dealkylation sites (tertiary alicyclic amines) is 1. The van der Waals surface area contributed by atoms with Gasteiger partial charge >= 0.3 is 0 Å². The highest BCUT2D eigenvalue weighted by Crippen LogP contribution is 2.39. The van der Waals surface area contributed by atoms with Crippen LogP contribution < -0.4 is 5.32 Å². The lowest BCUT2D eigenvalue weighted by molar-refractivity contribution is -0.134. The molecule has 3 heterocycles. The van der Waals surface area contributed by atoms with E-state index in [1.807, 2.05) is 25.2 Å². The summed E-state index contributed by atoms with van der Waals surface area (Å²) in [4.78, 5) is 27.2. The van der Waals surface area contributed by atoms with Crippen LogP contribution in [-0.2, 0) is 40.3 Å². The van der Waals surface area contributed by atoms with Crippen molar-refractivity contribution in [3.05, 3.63) is 48.0 Å². The van der Waals surface area contributed by atoms with Crippen molar-refractivity contribution in [2.75, 3.05) is 91.6 Å². The van der Waals surface area contributed by atoms with Crippen LogP contribution in [0.15, 0.2) is 36.5 Å². The lowest BCUT2D eigenvalue weighted by Crippen LogP contribution is -2.38. The van der Waals surface area contributed by atoms with Gasteiger partial charge in [-0.3, -0.25) is 19.4 Å². The van der Waals surface area contributed by atoms with Crippen LogP contribution >= 0.6 is 11.6 Å². The van der Waals surface area contributed by atoms with E-state index in [9.17, 15) is 9.59 Å². The Bertz CT molecular complexity index is 1820. The minimum absolute atomic E-state index is 0.00660. The first-order valence-corrected chi connectivity index (χ1v) is 20.0. The fourth-order valence-electron chi connectivity index (χ4n) is 6.70. The number of halogens is 2. The predicted molar refractivity (Wildman–Crippen MR) is 210 cm³/mol. The zero-order valence-electron chi connectivity index (χ0n) is 32.9. The van der Waals surface area contributed by atoms with Crippen LogP contribution in [0, 0.1) is 5.82 Å². The van der Waals surface area contributed by atoms with Crippen molar-refractivity contribution in [2.24, 2.45) is 7.05 Å². The first kappa shape index (κ1) is 41.0. The number of carbonyl (C=O) groups is 2. The molecule has 15 heteroatoms. The number of hydrogen-bond donors (Lipinski definition) is 2. The molecule has 1 fully saturated rings. The second-order valence-corrected chi connectivity index (χ2v) is 14.0. The standard InChI is InChI=1S/C40H56ClFN6O7/c1-47-36-28-33(34(42)27-31(36)29-44-47)32-7-6-8-35-39(32)40(46-45-35)30-11-15-48(16-12-30)38(50)10-9-37(49)43-14-18-52-20-22-54-24-26-55-25-23-53-21-19-51-17-5-3-2-4-13-41/h6-8,27-30H,2-5,9-26H2,1H3,(H,43,49)(H,45,46)/i/hD. The summed E-state index contributed by atoms with van der Waals surface area (Å²) in [6.07, 6.45) is 7.57. The van der Waals surface area contributed by atoms with E-state index in [0.717, 1.165) is 59.9 Å². The number of rotatable bonds is 26. The fourth-order valence-corrected chi connectivity index (χ4v) is 6.89. The Kier molecular flexibility index (Phi) is 17.5. The Hall–Kier alpha value is -3.66. The molecular weight excluding hydrogens is 731 g/mol. The van der Waals surface area contributed by atoms with Crippen molar-refractivity contribution < 1.29 is 39.1 Å². The molecule has 5 rings (SSSR count). The van der Waals surface area contributed by atoms with Crippen molar-refractivity contribution in [2.45, 2.75) is 57.3 Å². The smallest absolute Gasteiger partial charge is 0.223 e. The molecule has 1 aliphatic heterocycles. The lowest BCUT2D eigenvalue weighted by Gasteiger charge is -2.31. The summed E-state index contributed by atoms with van der Waals surface area (Å²) in [6.45, 7) is 6.37. The molecule has 1 saturated heterocycles. The molecule has 1 aliphatic rings. The van der Waals surface area contributed by atoms with Crippen LogP contribution in [0.4, 0.5) is 4.39 Å². The third-order valence-corrected chi connectivity index (χ3v) is 9.99. The number of nitrogens with zero attached hydrogens (tertiary/aromatic N) is 4. The number of carbonyl (C=O) groups excluding carboxylic acids is 2. The van der Waals surface area contributed by atoms with Crippen LogP contribution in [0.25, 0.3) is 32.9 Å². The van der Waals surface area contributed by atoms with Gasteiger partial charge in [0.05, 0.1) is 82.4 Å². The van der Waals surface area contributed by atoms with E-state index in [1.165, 1.54) is 6.07 Å². The van der Waals surface area contributed by atoms with Crippen molar-refractivity contribution >= 4 is 45.2 Å². The fraction of sp³-hybridized carbons (Fsp3) is 0.600. The number of piperidine rings is 1. The van der Waals surface area contributed by atoms with Gasteiger partial charge in [-0.1, -0.05) is 25.0 Å². The average molecular weight is 788 g/mol. The second-order valence-electron chi connectivity index (χ2n) is 13.6. The van der Waals surface area contributed by atoms with Crippen LogP contribution in [-0.4, -0.2) is 128 Å². The highest BCUT2D eigenvalue weighted by molar-refractivity contribution is 6.17. The molecule has 2 aromatic carbocycles. The molecular formula is C40H56ClFN6O7. The minimum Gasteiger partial charge on any atom is -0.379 e. The van der Waals surface area contributed by atoms with Gasteiger partial charge in [-0.2, -0.15) is 10.2 Å². The molecule has 0 unspecified atom stereocenters. The van der Waals surface area contributed by atoms with Crippen molar-refractivity contribution in [3.8, 4) is 11.1 Å². The van der Waals surface area contributed by atoms with Gasteiger partial charge in [0.25, 0.3) is 0 Å². The zero-order chi connectivity index (χ0) is 39.5. The summed E-state index contributed by atoms with van der Waals surface area (Å²) >= 11 is 5.67. The summed E-state index contributed by atoms with van der Waals surface area (Å²) in [5.41, 5.74) is 3.25. The number of aromatic nitrogens is 4. The van der Waals surface area contributed by atoms with Crippen molar-refractivity contribution in [3.63, 3.8) is 0 Å². The van der Waals surface area contributed by atoms with E-state index < -0.39 is 0 Å². The average Bonchev–Trinajstić information content (AvgIpc) is 3.75. The van der Waals surface area contributed by atoms with Crippen LogP contribution in [0.1, 0.15) is 63.0 Å². The Morgan fingerprint density at radius 1 is 0.891 bits per heavy atom. The summed E-state index contributed by atoms with van der Waals surface area (Å²) in [7, 11) is 1.82. The number of hydrogen-bond acceptors (Lipinski definition) is 9. The van der Waals surface area contributed by atoms with E-state index in [-0.39, 0.29) is 36.4 Å². The lowest BCUT2D eigenvalue weighted by atomic mass is 9.88. The Balaban J connectivity index is 0.900. The van der Waals surface area contributed by atoms with E-state index in [1.54, 1.807) is 21.8 Å². The van der Waals surface area contributed by atoms with Gasteiger partial charge < -0.3 is 33.9 Å². The number of aryl methyl sites for hydroxylation is 1. The highest BCUT2D eigenvalue weighted by Gasteiger charge is 2.28. The quantitative estimate of drug-likeness (QED) is 0.0602. The third-order valence-electron chi connectivity index (χ3n) is 9.72. The molecule has 0 saturated carbocycles. The molecule has 2 amide bonds. The van der Waals surface area contributed by atoms with Gasteiger partial charge in [0, 0.05) is 74.3 Å². The molecule has 0 spiro atoms. The number of fused-ring (bicyclic) bond motifs is 2. The van der Waals surface area contributed by atoms with E-state index in [0.29, 0.717) is 114 Å². The summed E-state index contributed by atoms with van der Waals surface area (Å²) in [5.74, 6) is 0.0815. The Morgan fingerprint density at radius 3 is 2.24 bits per heavy atom. The molecule has 55 heavy (non-hydrogen) atoms. The molecule has 302 valence electrons. The first-order chi connectivity index (χ1) is 27.4. The maximum absolute atomic E-state index is 15.4. The van der Waals surface area contributed by atoms with Gasteiger partial charge in [0.1, 0.15) is 5.82 Å². The Labute approximate surface area is 328 Å². The molecule has 0 atom stereocenters.